The van der Waals surface area contributed by atoms with Gasteiger partial charge in [0.2, 0.25) is 0 Å². The van der Waals surface area contributed by atoms with Gasteiger partial charge in [-0.3, -0.25) is 0 Å². The molecule has 2 fully saturated rings. The molecule has 4 atom stereocenters. The molecule has 0 spiro atoms. The van der Waals surface area contributed by atoms with Crippen LogP contribution in [0.15, 0.2) is 85.5 Å². The summed E-state index contributed by atoms with van der Waals surface area (Å²) in [6, 6.07) is 17.3. The van der Waals surface area contributed by atoms with E-state index in [-0.39, 0.29) is 66.0 Å². The second-order valence-corrected chi connectivity index (χ2v) is 10.9. The van der Waals surface area contributed by atoms with Crippen molar-refractivity contribution in [3.8, 4) is 17.2 Å². The van der Waals surface area contributed by atoms with Crippen molar-refractivity contribution < 1.29 is 66.6 Å². The normalized spacial score (nSPS) is 19.1. The van der Waals surface area contributed by atoms with Gasteiger partial charge in [-0.1, -0.05) is 6.58 Å². The van der Waals surface area contributed by atoms with Crippen molar-refractivity contribution in [1.82, 2.24) is 0 Å². The Morgan fingerprint density at radius 1 is 0.640 bits per heavy atom. The zero-order valence-electron chi connectivity index (χ0n) is 27.0. The number of benzene rings is 3. The fraction of sp³-hybridized carbons (Fsp3) is 0.306. The van der Waals surface area contributed by atoms with Gasteiger partial charge in [0.05, 0.1) is 43.1 Å². The molecule has 0 N–H and O–H groups in total. The molecular weight excluding hydrogens is 656 g/mol. The maximum atomic E-state index is 12.7. The van der Waals surface area contributed by atoms with E-state index < -0.39 is 42.2 Å². The predicted molar refractivity (Wildman–Crippen MR) is 171 cm³/mol. The molecule has 3 aromatic rings. The summed E-state index contributed by atoms with van der Waals surface area (Å²) < 4.78 is 47.9. The van der Waals surface area contributed by atoms with Crippen molar-refractivity contribution in [3.05, 3.63) is 102 Å². The molecule has 5 rings (SSSR count). The van der Waals surface area contributed by atoms with Gasteiger partial charge < -0.3 is 42.6 Å². The van der Waals surface area contributed by atoms with Gasteiger partial charge in [0.1, 0.15) is 35.6 Å². The SMILES string of the molecule is C=CC(=O)OCCCCOC(=O)Oc1ccc(C(=O)Oc2ccc(C(=O)Oc3ccc(C(=O)O[C@H]4COC5C4OC[C@@H]5OC)cc3)cc2)cc1. The molecule has 0 bridgehead atoms. The van der Waals surface area contributed by atoms with Crippen LogP contribution in [-0.4, -0.2) is 88.0 Å². The summed E-state index contributed by atoms with van der Waals surface area (Å²) >= 11 is 0. The van der Waals surface area contributed by atoms with Crippen LogP contribution in [-0.2, 0) is 33.2 Å². The highest BCUT2D eigenvalue weighted by atomic mass is 16.7. The van der Waals surface area contributed by atoms with E-state index in [0.29, 0.717) is 19.4 Å². The topological polar surface area (TPSA) is 168 Å². The van der Waals surface area contributed by atoms with E-state index in [4.69, 9.17) is 42.6 Å². The second kappa shape index (κ2) is 17.2. The largest absolute Gasteiger partial charge is 0.513 e. The molecule has 0 aliphatic carbocycles. The molecule has 2 aliphatic rings. The minimum absolute atomic E-state index is 0.0712. The van der Waals surface area contributed by atoms with E-state index in [9.17, 15) is 24.0 Å². The van der Waals surface area contributed by atoms with Crippen molar-refractivity contribution in [2.24, 2.45) is 0 Å². The van der Waals surface area contributed by atoms with Crippen molar-refractivity contribution in [2.75, 3.05) is 33.5 Å². The fourth-order valence-corrected chi connectivity index (χ4v) is 4.96. The number of unbranched alkanes of at least 4 members (excludes halogenated alkanes) is 1. The van der Waals surface area contributed by atoms with E-state index in [0.717, 1.165) is 6.08 Å². The smallest absolute Gasteiger partial charge is 0.463 e. The van der Waals surface area contributed by atoms with Gasteiger partial charge in [-0.05, 0) is 85.6 Å². The standard InChI is InChI=1S/C36H34O14/c1-3-30(37)43-18-4-5-19-44-36(41)49-27-16-10-23(11-17-27)34(39)47-25-12-6-22(7-13-25)33(38)48-26-14-8-24(9-15-26)35(40)50-29-21-46-31-28(42-2)20-45-32(29)31/h3,6-17,28-29,31-32H,1,4-5,18-21H2,2H3/t28-,29-,31?,32?/m0/s1. The van der Waals surface area contributed by atoms with E-state index >= 15 is 0 Å². The maximum Gasteiger partial charge on any atom is 0.513 e. The monoisotopic (exact) mass is 690 g/mol. The van der Waals surface area contributed by atoms with Crippen LogP contribution >= 0.6 is 0 Å². The molecule has 14 heteroatoms. The lowest BCUT2D eigenvalue weighted by molar-refractivity contribution is -0.137. The van der Waals surface area contributed by atoms with Crippen LogP contribution in [0.1, 0.15) is 43.9 Å². The third-order valence-corrected chi connectivity index (χ3v) is 7.59. The molecule has 0 radical (unpaired) electrons. The van der Waals surface area contributed by atoms with Crippen molar-refractivity contribution in [1.29, 1.82) is 0 Å². The van der Waals surface area contributed by atoms with Crippen LogP contribution in [0, 0.1) is 0 Å². The first kappa shape index (κ1) is 35.7. The summed E-state index contributed by atoms with van der Waals surface area (Å²) in [4.78, 5) is 60.8. The van der Waals surface area contributed by atoms with E-state index in [1.807, 2.05) is 0 Å². The van der Waals surface area contributed by atoms with Gasteiger partial charge >= 0.3 is 30.0 Å². The van der Waals surface area contributed by atoms with E-state index in [2.05, 4.69) is 6.58 Å². The lowest BCUT2D eigenvalue weighted by atomic mass is 10.1. The fourth-order valence-electron chi connectivity index (χ4n) is 4.96. The summed E-state index contributed by atoms with van der Waals surface area (Å²) in [5, 5.41) is 0. The van der Waals surface area contributed by atoms with Crippen molar-refractivity contribution in [2.45, 2.75) is 37.3 Å². The Morgan fingerprint density at radius 2 is 1.08 bits per heavy atom. The third-order valence-electron chi connectivity index (χ3n) is 7.59. The highest BCUT2D eigenvalue weighted by Crippen LogP contribution is 2.31. The Kier molecular flexibility index (Phi) is 12.3. The highest BCUT2D eigenvalue weighted by Gasteiger charge is 2.49. The molecule has 262 valence electrons. The number of methoxy groups -OCH3 is 1. The van der Waals surface area contributed by atoms with Crippen molar-refractivity contribution >= 4 is 30.0 Å². The highest BCUT2D eigenvalue weighted by molar-refractivity contribution is 5.93. The van der Waals surface area contributed by atoms with Crippen LogP contribution < -0.4 is 14.2 Å². The average Bonchev–Trinajstić information content (AvgIpc) is 3.73. The summed E-state index contributed by atoms with van der Waals surface area (Å²) in [5.41, 5.74) is 0.641. The van der Waals surface area contributed by atoms with Gasteiger partial charge in [-0.25, -0.2) is 24.0 Å². The molecule has 0 amide bonds. The number of esters is 4. The minimum Gasteiger partial charge on any atom is -0.463 e. The quantitative estimate of drug-likeness (QED) is 0.0579. The lowest BCUT2D eigenvalue weighted by Crippen LogP contribution is -2.34. The Labute approximate surface area is 286 Å². The summed E-state index contributed by atoms with van der Waals surface area (Å²) in [5.74, 6) is -1.89. The molecule has 2 aliphatic heterocycles. The van der Waals surface area contributed by atoms with E-state index in [1.54, 1.807) is 7.11 Å². The number of carbonyl (C=O) groups is 5. The molecule has 14 nitrogen and oxygen atoms in total. The van der Waals surface area contributed by atoms with Gasteiger partial charge in [0, 0.05) is 13.2 Å². The number of fused-ring (bicyclic) bond motifs is 1. The number of ether oxygens (including phenoxy) is 9. The van der Waals surface area contributed by atoms with Crippen LogP contribution in [0.25, 0.3) is 0 Å². The molecule has 0 saturated carbocycles. The maximum absolute atomic E-state index is 12.7. The van der Waals surface area contributed by atoms with Gasteiger partial charge in [-0.2, -0.15) is 0 Å². The van der Waals surface area contributed by atoms with E-state index in [1.165, 1.54) is 72.8 Å². The third kappa shape index (κ3) is 9.53. The molecule has 0 aromatic heterocycles. The first-order valence-corrected chi connectivity index (χ1v) is 15.6. The Hall–Kier alpha value is -5.57. The number of carbonyl (C=O) groups excluding carboxylic acids is 5. The molecule has 2 heterocycles. The zero-order chi connectivity index (χ0) is 35.5. The van der Waals surface area contributed by atoms with Gasteiger partial charge in [0.15, 0.2) is 6.10 Å². The van der Waals surface area contributed by atoms with Gasteiger partial charge in [-0.15, -0.1) is 0 Å². The van der Waals surface area contributed by atoms with Crippen LogP contribution in [0.5, 0.6) is 17.2 Å². The Balaban J connectivity index is 1.03. The van der Waals surface area contributed by atoms with Crippen molar-refractivity contribution in [3.63, 3.8) is 0 Å². The molecule has 2 unspecified atom stereocenters. The first-order chi connectivity index (χ1) is 24.2. The molecule has 2 saturated heterocycles. The predicted octanol–water partition coefficient (Wildman–Crippen LogP) is 4.49. The molecule has 50 heavy (non-hydrogen) atoms. The molecular formula is C36H34O14. The first-order valence-electron chi connectivity index (χ1n) is 15.6. The average molecular weight is 691 g/mol. The lowest BCUT2D eigenvalue weighted by Gasteiger charge is -2.16. The molecule has 3 aromatic carbocycles. The van der Waals surface area contributed by atoms with Crippen LogP contribution in [0.4, 0.5) is 4.79 Å². The summed E-state index contributed by atoms with van der Waals surface area (Å²) in [6.07, 6.45) is -0.337. The summed E-state index contributed by atoms with van der Waals surface area (Å²) in [7, 11) is 1.58. The zero-order valence-corrected chi connectivity index (χ0v) is 27.0. The second-order valence-electron chi connectivity index (χ2n) is 10.9. The van der Waals surface area contributed by atoms with Crippen LogP contribution in [0.2, 0.25) is 0 Å². The minimum atomic E-state index is -0.923. The summed E-state index contributed by atoms with van der Waals surface area (Å²) in [6.45, 7) is 4.12. The van der Waals surface area contributed by atoms with Crippen LogP contribution in [0.3, 0.4) is 0 Å². The Morgan fingerprint density at radius 3 is 1.58 bits per heavy atom. The number of hydrogen-bond donors (Lipinski definition) is 0. The van der Waals surface area contributed by atoms with Gasteiger partial charge in [0.25, 0.3) is 0 Å². The number of rotatable bonds is 14. The number of hydrogen-bond acceptors (Lipinski definition) is 14. The Bertz CT molecular complexity index is 1670.